The summed E-state index contributed by atoms with van der Waals surface area (Å²) in [4.78, 5) is 13.7. The topological polar surface area (TPSA) is 32.3 Å². The predicted molar refractivity (Wildman–Crippen MR) is 85.3 cm³/mol. The third-order valence-corrected chi connectivity index (χ3v) is 4.16. The number of piperidine rings is 1. The van der Waals surface area contributed by atoms with Crippen molar-refractivity contribution in [1.29, 1.82) is 0 Å². The maximum absolute atomic E-state index is 13.7. The second-order valence-electron chi connectivity index (χ2n) is 5.35. The molecule has 1 saturated heterocycles. The van der Waals surface area contributed by atoms with Gasteiger partial charge in [0, 0.05) is 30.6 Å². The largest absolute Gasteiger partial charge is 0.341 e. The maximum atomic E-state index is 13.7. The molecule has 0 bridgehead atoms. The van der Waals surface area contributed by atoms with Gasteiger partial charge < -0.3 is 10.2 Å². The summed E-state index contributed by atoms with van der Waals surface area (Å²) in [7, 11) is 1.70. The molecule has 0 unspecified atom stereocenters. The Kier molecular flexibility index (Phi) is 7.43. The number of carbonyl (C=O) groups is 1. The number of rotatable bonds is 4. The molecule has 0 atom stereocenters. The van der Waals surface area contributed by atoms with Crippen molar-refractivity contribution in [2.75, 3.05) is 20.1 Å². The van der Waals surface area contributed by atoms with Gasteiger partial charge in [0.1, 0.15) is 5.82 Å². The van der Waals surface area contributed by atoms with Crippen LogP contribution in [0.2, 0.25) is 5.02 Å². The van der Waals surface area contributed by atoms with E-state index in [-0.39, 0.29) is 30.7 Å². The zero-order valence-electron chi connectivity index (χ0n) is 12.1. The van der Waals surface area contributed by atoms with E-state index in [1.807, 2.05) is 0 Å². The molecule has 6 heteroatoms. The number of hydrogen-bond acceptors (Lipinski definition) is 2. The van der Waals surface area contributed by atoms with E-state index < -0.39 is 0 Å². The molecule has 1 aliphatic heterocycles. The third kappa shape index (κ3) is 5.13. The lowest BCUT2D eigenvalue weighted by Crippen LogP contribution is -2.33. The minimum Gasteiger partial charge on any atom is -0.341 e. The van der Waals surface area contributed by atoms with E-state index in [0.29, 0.717) is 22.9 Å². The zero-order chi connectivity index (χ0) is 14.5. The van der Waals surface area contributed by atoms with Crippen molar-refractivity contribution in [3.05, 3.63) is 34.6 Å². The zero-order valence-corrected chi connectivity index (χ0v) is 13.6. The lowest BCUT2D eigenvalue weighted by atomic mass is 9.94. The fourth-order valence-corrected chi connectivity index (χ4v) is 2.72. The van der Waals surface area contributed by atoms with Crippen molar-refractivity contribution in [2.24, 2.45) is 5.92 Å². The minimum atomic E-state index is -0.362. The van der Waals surface area contributed by atoms with Gasteiger partial charge in [-0.25, -0.2) is 4.39 Å². The maximum Gasteiger partial charge on any atom is 0.222 e. The van der Waals surface area contributed by atoms with Gasteiger partial charge in [-0.05, 0) is 44.0 Å². The second-order valence-corrected chi connectivity index (χ2v) is 5.75. The highest BCUT2D eigenvalue weighted by atomic mass is 35.5. The lowest BCUT2D eigenvalue weighted by Gasteiger charge is -2.25. The highest BCUT2D eigenvalue weighted by molar-refractivity contribution is 6.31. The van der Waals surface area contributed by atoms with Crippen LogP contribution >= 0.6 is 24.0 Å². The Morgan fingerprint density at radius 3 is 2.71 bits per heavy atom. The van der Waals surface area contributed by atoms with Gasteiger partial charge in [0.05, 0.1) is 0 Å². The lowest BCUT2D eigenvalue weighted by molar-refractivity contribution is -0.131. The Balaban J connectivity index is 0.00000220. The minimum absolute atomic E-state index is 0. The molecule has 1 N–H and O–H groups in total. The van der Waals surface area contributed by atoms with Crippen molar-refractivity contribution >= 4 is 29.9 Å². The van der Waals surface area contributed by atoms with E-state index in [0.717, 1.165) is 25.9 Å². The number of carbonyl (C=O) groups excluding carboxylic acids is 1. The smallest absolute Gasteiger partial charge is 0.222 e. The van der Waals surface area contributed by atoms with E-state index in [1.54, 1.807) is 24.1 Å². The molecule has 1 amide bonds. The summed E-state index contributed by atoms with van der Waals surface area (Å²) in [5, 5.41) is 3.65. The fourth-order valence-electron chi connectivity index (χ4n) is 2.50. The molecule has 1 aliphatic rings. The molecule has 0 saturated carbocycles. The van der Waals surface area contributed by atoms with Crippen LogP contribution in [0.5, 0.6) is 0 Å². The molecular formula is C15H21Cl2FN2O. The van der Waals surface area contributed by atoms with Gasteiger partial charge in [-0.3, -0.25) is 4.79 Å². The van der Waals surface area contributed by atoms with Gasteiger partial charge in [-0.15, -0.1) is 12.4 Å². The summed E-state index contributed by atoms with van der Waals surface area (Å²) < 4.78 is 13.7. The number of hydrogen-bond donors (Lipinski definition) is 1. The first-order chi connectivity index (χ1) is 9.58. The van der Waals surface area contributed by atoms with Crippen LogP contribution in [0.4, 0.5) is 4.39 Å². The molecule has 2 rings (SSSR count). The van der Waals surface area contributed by atoms with Crippen LogP contribution in [-0.2, 0) is 11.3 Å². The Labute approximate surface area is 136 Å². The van der Waals surface area contributed by atoms with E-state index in [4.69, 9.17) is 11.6 Å². The standard InChI is InChI=1S/C15H20ClFN2O.ClH/c1-19(10-12-13(16)3-2-4-14(12)17)15(20)9-11-5-7-18-8-6-11;/h2-4,11,18H,5-10H2,1H3;1H. The number of amides is 1. The summed E-state index contributed by atoms with van der Waals surface area (Å²) in [6.45, 7) is 2.16. The monoisotopic (exact) mass is 334 g/mol. The number of benzene rings is 1. The first-order valence-electron chi connectivity index (χ1n) is 6.95. The van der Waals surface area contributed by atoms with Gasteiger partial charge in [0.2, 0.25) is 5.91 Å². The molecule has 0 aromatic heterocycles. The highest BCUT2D eigenvalue weighted by Gasteiger charge is 2.20. The van der Waals surface area contributed by atoms with Crippen molar-refractivity contribution in [3.8, 4) is 0 Å². The van der Waals surface area contributed by atoms with Crippen molar-refractivity contribution in [1.82, 2.24) is 10.2 Å². The molecule has 0 spiro atoms. The van der Waals surface area contributed by atoms with E-state index >= 15 is 0 Å². The summed E-state index contributed by atoms with van der Waals surface area (Å²) in [6, 6.07) is 4.58. The molecule has 0 aliphatic carbocycles. The van der Waals surface area contributed by atoms with Crippen molar-refractivity contribution < 1.29 is 9.18 Å². The van der Waals surface area contributed by atoms with Gasteiger partial charge >= 0.3 is 0 Å². The van der Waals surface area contributed by atoms with Crippen LogP contribution < -0.4 is 5.32 Å². The van der Waals surface area contributed by atoms with Gasteiger partial charge in [0.25, 0.3) is 0 Å². The first-order valence-corrected chi connectivity index (χ1v) is 7.33. The van der Waals surface area contributed by atoms with Gasteiger partial charge in [-0.1, -0.05) is 17.7 Å². The Morgan fingerprint density at radius 2 is 2.10 bits per heavy atom. The van der Waals surface area contributed by atoms with Crippen LogP contribution in [0.3, 0.4) is 0 Å². The van der Waals surface area contributed by atoms with E-state index in [2.05, 4.69) is 5.32 Å². The average molecular weight is 335 g/mol. The molecular weight excluding hydrogens is 314 g/mol. The summed E-state index contributed by atoms with van der Waals surface area (Å²) in [5.41, 5.74) is 0.385. The van der Waals surface area contributed by atoms with Crippen LogP contribution in [0.1, 0.15) is 24.8 Å². The number of nitrogens with one attached hydrogen (secondary N) is 1. The van der Waals surface area contributed by atoms with Crippen molar-refractivity contribution in [2.45, 2.75) is 25.8 Å². The molecule has 3 nitrogen and oxygen atoms in total. The normalized spacial score (nSPS) is 15.4. The Bertz CT molecular complexity index is 458. The van der Waals surface area contributed by atoms with Crippen LogP contribution in [0.15, 0.2) is 18.2 Å². The summed E-state index contributed by atoms with van der Waals surface area (Å²) in [5.74, 6) is 0.123. The van der Waals surface area contributed by atoms with Gasteiger partial charge in [-0.2, -0.15) is 0 Å². The SMILES string of the molecule is CN(Cc1c(F)cccc1Cl)C(=O)CC1CCNCC1.Cl. The average Bonchev–Trinajstić information content (AvgIpc) is 2.44. The molecule has 118 valence electrons. The number of nitrogens with zero attached hydrogens (tertiary/aromatic N) is 1. The Morgan fingerprint density at radius 1 is 1.43 bits per heavy atom. The van der Waals surface area contributed by atoms with E-state index in [1.165, 1.54) is 6.07 Å². The fraction of sp³-hybridized carbons (Fsp3) is 0.533. The molecule has 1 heterocycles. The van der Waals surface area contributed by atoms with Crippen LogP contribution in [-0.4, -0.2) is 30.9 Å². The summed E-state index contributed by atoms with van der Waals surface area (Å²) in [6.07, 6.45) is 2.59. The third-order valence-electron chi connectivity index (χ3n) is 3.80. The summed E-state index contributed by atoms with van der Waals surface area (Å²) >= 11 is 5.98. The molecule has 0 radical (unpaired) electrons. The molecule has 21 heavy (non-hydrogen) atoms. The van der Waals surface area contributed by atoms with E-state index in [9.17, 15) is 9.18 Å². The quantitative estimate of drug-likeness (QED) is 0.916. The Hall–Kier alpha value is -0.840. The number of halogens is 3. The molecule has 1 aromatic carbocycles. The van der Waals surface area contributed by atoms with Crippen LogP contribution in [0.25, 0.3) is 0 Å². The first kappa shape index (κ1) is 18.2. The van der Waals surface area contributed by atoms with Gasteiger partial charge in [0.15, 0.2) is 0 Å². The highest BCUT2D eigenvalue weighted by Crippen LogP contribution is 2.22. The molecule has 1 fully saturated rings. The van der Waals surface area contributed by atoms with Crippen LogP contribution in [0, 0.1) is 11.7 Å². The predicted octanol–water partition coefficient (Wildman–Crippen LogP) is 3.25. The van der Waals surface area contributed by atoms with Crippen molar-refractivity contribution in [3.63, 3.8) is 0 Å². The second kappa shape index (κ2) is 8.57. The molecule has 1 aromatic rings.